The highest BCUT2D eigenvalue weighted by molar-refractivity contribution is 5.43. The fraction of sp³-hybridized carbons (Fsp3) is 0.636. The summed E-state index contributed by atoms with van der Waals surface area (Å²) >= 11 is 0. The lowest BCUT2D eigenvalue weighted by atomic mass is 9.64. The molecular formula is C22H34. The summed E-state index contributed by atoms with van der Waals surface area (Å²) in [6.45, 7) is 16.4. The van der Waals surface area contributed by atoms with Gasteiger partial charge in [0.15, 0.2) is 0 Å². The van der Waals surface area contributed by atoms with Crippen molar-refractivity contribution in [3.8, 4) is 0 Å². The molecule has 1 aliphatic rings. The predicted molar refractivity (Wildman–Crippen MR) is 98.6 cm³/mol. The average molecular weight is 299 g/mol. The van der Waals surface area contributed by atoms with Crippen LogP contribution in [0.1, 0.15) is 82.1 Å². The van der Waals surface area contributed by atoms with E-state index in [2.05, 4.69) is 66.7 Å². The molecule has 0 aliphatic heterocycles. The van der Waals surface area contributed by atoms with Gasteiger partial charge in [-0.05, 0) is 73.6 Å². The van der Waals surface area contributed by atoms with Gasteiger partial charge in [-0.15, -0.1) is 0 Å². The second kappa shape index (κ2) is 6.60. The first-order valence-electron chi connectivity index (χ1n) is 9.01. The molecule has 2 atom stereocenters. The molecular weight excluding hydrogens is 264 g/mol. The number of hydrogen-bond donors (Lipinski definition) is 0. The number of aryl methyl sites for hydroxylation is 3. The zero-order valence-electron chi connectivity index (χ0n) is 15.7. The van der Waals surface area contributed by atoms with Gasteiger partial charge in [0.05, 0.1) is 0 Å². The van der Waals surface area contributed by atoms with Gasteiger partial charge in [0.1, 0.15) is 0 Å². The lowest BCUT2D eigenvalue weighted by Gasteiger charge is -2.40. The summed E-state index contributed by atoms with van der Waals surface area (Å²) in [7, 11) is 0. The molecule has 0 aromatic heterocycles. The quantitative estimate of drug-likeness (QED) is 0.542. The summed E-state index contributed by atoms with van der Waals surface area (Å²) in [6, 6.07) is 4.87. The van der Waals surface area contributed by atoms with Crippen LogP contribution < -0.4 is 0 Å². The Morgan fingerprint density at radius 2 is 1.64 bits per heavy atom. The van der Waals surface area contributed by atoms with Gasteiger partial charge in [-0.1, -0.05) is 57.9 Å². The Balaban J connectivity index is 2.49. The minimum absolute atomic E-state index is 0.364. The lowest BCUT2D eigenvalue weighted by molar-refractivity contribution is 0.197. The van der Waals surface area contributed by atoms with E-state index in [4.69, 9.17) is 0 Å². The van der Waals surface area contributed by atoms with Crippen LogP contribution >= 0.6 is 0 Å². The summed E-state index contributed by atoms with van der Waals surface area (Å²) < 4.78 is 0. The van der Waals surface area contributed by atoms with Gasteiger partial charge in [0.2, 0.25) is 0 Å². The number of rotatable bonds is 3. The number of hydrogen-bond acceptors (Lipinski definition) is 0. The van der Waals surface area contributed by atoms with E-state index in [1.54, 1.807) is 11.1 Å². The molecule has 0 saturated carbocycles. The summed E-state index contributed by atoms with van der Waals surface area (Å²) in [5.74, 6) is 1.33. The molecule has 22 heavy (non-hydrogen) atoms. The first-order chi connectivity index (χ1) is 10.2. The van der Waals surface area contributed by atoms with Crippen LogP contribution in [0.25, 0.3) is 0 Å². The maximum atomic E-state index is 2.56. The maximum absolute atomic E-state index is 2.56. The number of allylic oxidation sites excluding steroid dienone is 2. The standard InChI is InChI=1S/C22H34/c1-8-9-18-13-16(3)21(17(4)14-18)19-12-15(2)10-11-20(19)22(5,6)7/h12-14,19-20H,8-11H2,1-7H3. The molecule has 0 heterocycles. The fourth-order valence-electron chi connectivity index (χ4n) is 4.35. The third-order valence-electron chi connectivity index (χ3n) is 5.39. The summed E-state index contributed by atoms with van der Waals surface area (Å²) in [5.41, 5.74) is 8.02. The van der Waals surface area contributed by atoms with Gasteiger partial charge < -0.3 is 0 Å². The van der Waals surface area contributed by atoms with Crippen LogP contribution in [0.4, 0.5) is 0 Å². The van der Waals surface area contributed by atoms with Crippen LogP contribution in [-0.2, 0) is 6.42 Å². The maximum Gasteiger partial charge on any atom is 0.00591 e. The Bertz CT molecular complexity index is 531. The fourth-order valence-corrected chi connectivity index (χ4v) is 4.35. The molecule has 0 N–H and O–H groups in total. The van der Waals surface area contributed by atoms with Crippen LogP contribution in [0.15, 0.2) is 23.8 Å². The molecule has 0 nitrogen and oxygen atoms in total. The molecule has 2 rings (SSSR count). The molecule has 1 aliphatic carbocycles. The van der Waals surface area contributed by atoms with E-state index in [0.29, 0.717) is 11.3 Å². The van der Waals surface area contributed by atoms with Gasteiger partial charge in [-0.3, -0.25) is 0 Å². The van der Waals surface area contributed by atoms with Crippen LogP contribution in [0.2, 0.25) is 0 Å². The van der Waals surface area contributed by atoms with E-state index < -0.39 is 0 Å². The molecule has 122 valence electrons. The first kappa shape index (κ1) is 17.3. The minimum atomic E-state index is 0.364. The Kier molecular flexibility index (Phi) is 5.20. The second-order valence-corrected chi connectivity index (χ2v) is 8.44. The van der Waals surface area contributed by atoms with E-state index in [-0.39, 0.29) is 0 Å². The lowest BCUT2D eigenvalue weighted by Crippen LogP contribution is -2.29. The van der Waals surface area contributed by atoms with Crippen molar-refractivity contribution in [1.29, 1.82) is 0 Å². The van der Waals surface area contributed by atoms with E-state index in [1.165, 1.54) is 42.4 Å². The molecule has 2 unspecified atom stereocenters. The number of benzene rings is 1. The Morgan fingerprint density at radius 3 is 2.14 bits per heavy atom. The normalized spacial score (nSPS) is 22.6. The molecule has 1 aromatic rings. The van der Waals surface area contributed by atoms with Crippen LogP contribution in [0.5, 0.6) is 0 Å². The third-order valence-corrected chi connectivity index (χ3v) is 5.39. The van der Waals surface area contributed by atoms with Crippen LogP contribution in [-0.4, -0.2) is 0 Å². The predicted octanol–water partition coefficient (Wildman–Crippen LogP) is 6.74. The van der Waals surface area contributed by atoms with Crippen LogP contribution in [0, 0.1) is 25.2 Å². The van der Waals surface area contributed by atoms with Crippen molar-refractivity contribution < 1.29 is 0 Å². The highest BCUT2D eigenvalue weighted by Crippen LogP contribution is 2.47. The van der Waals surface area contributed by atoms with Gasteiger partial charge in [0.25, 0.3) is 0 Å². The molecule has 0 saturated heterocycles. The molecule has 1 aromatic carbocycles. The van der Waals surface area contributed by atoms with Crippen LogP contribution in [0.3, 0.4) is 0 Å². The zero-order valence-corrected chi connectivity index (χ0v) is 15.7. The van der Waals surface area contributed by atoms with E-state index in [1.807, 2.05) is 0 Å². The molecule has 0 heteroatoms. The van der Waals surface area contributed by atoms with Crippen molar-refractivity contribution in [2.45, 2.75) is 80.1 Å². The van der Waals surface area contributed by atoms with E-state index in [0.717, 1.165) is 5.92 Å². The van der Waals surface area contributed by atoms with Crippen molar-refractivity contribution in [2.75, 3.05) is 0 Å². The highest BCUT2D eigenvalue weighted by Gasteiger charge is 2.35. The average Bonchev–Trinajstić information content (AvgIpc) is 2.36. The van der Waals surface area contributed by atoms with Gasteiger partial charge >= 0.3 is 0 Å². The molecule has 0 amide bonds. The van der Waals surface area contributed by atoms with E-state index in [9.17, 15) is 0 Å². The smallest absolute Gasteiger partial charge is 0.00591 e. The van der Waals surface area contributed by atoms with Gasteiger partial charge in [0, 0.05) is 5.92 Å². The van der Waals surface area contributed by atoms with Crippen molar-refractivity contribution in [1.82, 2.24) is 0 Å². The zero-order chi connectivity index (χ0) is 16.5. The Morgan fingerprint density at radius 1 is 1.05 bits per heavy atom. The summed E-state index contributed by atoms with van der Waals surface area (Å²) in [4.78, 5) is 0. The van der Waals surface area contributed by atoms with Gasteiger partial charge in [-0.25, -0.2) is 0 Å². The van der Waals surface area contributed by atoms with Crippen molar-refractivity contribution in [3.63, 3.8) is 0 Å². The SMILES string of the molecule is CCCc1cc(C)c(C2C=C(C)CCC2C(C)(C)C)c(C)c1. The van der Waals surface area contributed by atoms with E-state index >= 15 is 0 Å². The monoisotopic (exact) mass is 298 g/mol. The summed E-state index contributed by atoms with van der Waals surface area (Å²) in [5, 5.41) is 0. The Hall–Kier alpha value is -1.04. The highest BCUT2D eigenvalue weighted by atomic mass is 14.4. The molecule has 0 bridgehead atoms. The second-order valence-electron chi connectivity index (χ2n) is 8.44. The summed E-state index contributed by atoms with van der Waals surface area (Å²) in [6.07, 6.45) is 7.58. The van der Waals surface area contributed by atoms with Crippen molar-refractivity contribution in [2.24, 2.45) is 11.3 Å². The van der Waals surface area contributed by atoms with Crippen molar-refractivity contribution >= 4 is 0 Å². The minimum Gasteiger partial charge on any atom is -0.0778 e. The first-order valence-corrected chi connectivity index (χ1v) is 9.01. The molecule has 0 radical (unpaired) electrons. The largest absolute Gasteiger partial charge is 0.0778 e. The Labute approximate surface area is 138 Å². The third kappa shape index (κ3) is 3.65. The molecule has 0 fully saturated rings. The topological polar surface area (TPSA) is 0 Å². The van der Waals surface area contributed by atoms with Gasteiger partial charge in [-0.2, -0.15) is 0 Å². The van der Waals surface area contributed by atoms with Crippen molar-refractivity contribution in [3.05, 3.63) is 46.0 Å². The molecule has 0 spiro atoms.